The van der Waals surface area contributed by atoms with Gasteiger partial charge >= 0.3 is 0 Å². The maximum atomic E-state index is 6.22. The van der Waals surface area contributed by atoms with E-state index in [0.717, 1.165) is 22.6 Å². The average molecular weight is 257 g/mol. The first-order chi connectivity index (χ1) is 8.71. The molecule has 2 aromatic rings. The lowest BCUT2D eigenvalue weighted by atomic mass is 9.86. The third-order valence-corrected chi connectivity index (χ3v) is 3.60. The number of anilines is 1. The quantitative estimate of drug-likeness (QED) is 0.848. The molecule has 1 aromatic carbocycles. The number of nitrogens with two attached hydrogens (primary N) is 1. The van der Waals surface area contributed by atoms with E-state index in [-0.39, 0.29) is 5.41 Å². The van der Waals surface area contributed by atoms with Crippen LogP contribution in [-0.4, -0.2) is 9.78 Å². The molecule has 0 aliphatic rings. The van der Waals surface area contributed by atoms with Gasteiger partial charge in [-0.05, 0) is 30.5 Å². The fourth-order valence-corrected chi connectivity index (χ4v) is 2.24. The Morgan fingerprint density at radius 2 is 1.74 bits per heavy atom. The molecule has 2 rings (SSSR count). The van der Waals surface area contributed by atoms with Crippen LogP contribution in [0.3, 0.4) is 0 Å². The van der Waals surface area contributed by atoms with Gasteiger partial charge in [0.1, 0.15) is 5.82 Å². The molecule has 0 saturated heterocycles. The Kier molecular flexibility index (Phi) is 3.17. The van der Waals surface area contributed by atoms with E-state index in [1.165, 1.54) is 11.1 Å². The molecule has 2 N–H and O–H groups in total. The summed E-state index contributed by atoms with van der Waals surface area (Å²) < 4.78 is 1.77. The molecule has 0 atom stereocenters. The highest BCUT2D eigenvalue weighted by Crippen LogP contribution is 2.36. The molecule has 1 heterocycles. The van der Waals surface area contributed by atoms with Crippen molar-refractivity contribution in [3.05, 3.63) is 35.0 Å². The van der Waals surface area contributed by atoms with Crippen LogP contribution in [0.2, 0.25) is 0 Å². The predicted octanol–water partition coefficient (Wildman–Crippen LogP) is 3.58. The lowest BCUT2D eigenvalue weighted by molar-refractivity contribution is 0.555. The zero-order valence-electron chi connectivity index (χ0n) is 12.7. The van der Waals surface area contributed by atoms with Crippen molar-refractivity contribution in [3.63, 3.8) is 0 Å². The predicted molar refractivity (Wildman–Crippen MR) is 81.2 cm³/mol. The van der Waals surface area contributed by atoms with E-state index in [9.17, 15) is 0 Å². The van der Waals surface area contributed by atoms with Crippen molar-refractivity contribution >= 4 is 5.82 Å². The second-order valence-corrected chi connectivity index (χ2v) is 6.28. The van der Waals surface area contributed by atoms with E-state index in [1.807, 2.05) is 7.05 Å². The summed E-state index contributed by atoms with van der Waals surface area (Å²) in [5.41, 5.74) is 12.0. The summed E-state index contributed by atoms with van der Waals surface area (Å²) in [6.45, 7) is 10.7. The standard InChI is InChI=1S/C16H23N3/c1-10-7-8-12(9-11(10)2)13-14(16(3,4)5)18-19(6)15(13)17/h7-9H,17H2,1-6H3. The number of nitrogens with zero attached hydrogens (tertiary/aromatic N) is 2. The lowest BCUT2D eigenvalue weighted by Crippen LogP contribution is -2.13. The van der Waals surface area contributed by atoms with Gasteiger partial charge in [-0.2, -0.15) is 5.10 Å². The third kappa shape index (κ3) is 2.37. The van der Waals surface area contributed by atoms with Crippen molar-refractivity contribution in [1.82, 2.24) is 9.78 Å². The van der Waals surface area contributed by atoms with Gasteiger partial charge < -0.3 is 5.73 Å². The van der Waals surface area contributed by atoms with Crippen molar-refractivity contribution in [2.75, 3.05) is 5.73 Å². The number of aromatic nitrogens is 2. The van der Waals surface area contributed by atoms with E-state index in [4.69, 9.17) is 5.73 Å². The second kappa shape index (κ2) is 4.41. The molecule has 0 unspecified atom stereocenters. The molecular weight excluding hydrogens is 234 g/mol. The second-order valence-electron chi connectivity index (χ2n) is 6.28. The van der Waals surface area contributed by atoms with Crippen molar-refractivity contribution in [3.8, 4) is 11.1 Å². The Morgan fingerprint density at radius 1 is 1.11 bits per heavy atom. The highest BCUT2D eigenvalue weighted by Gasteiger charge is 2.25. The van der Waals surface area contributed by atoms with Crippen molar-refractivity contribution < 1.29 is 0 Å². The van der Waals surface area contributed by atoms with Gasteiger partial charge in [0.2, 0.25) is 0 Å². The minimum atomic E-state index is -0.0243. The summed E-state index contributed by atoms with van der Waals surface area (Å²) in [5, 5.41) is 4.60. The van der Waals surface area contributed by atoms with Crippen LogP contribution in [0.25, 0.3) is 11.1 Å². The topological polar surface area (TPSA) is 43.8 Å². The van der Waals surface area contributed by atoms with Gasteiger partial charge in [-0.25, -0.2) is 0 Å². The SMILES string of the molecule is Cc1ccc(-c2c(C(C)(C)C)nn(C)c2N)cc1C. The first-order valence-corrected chi connectivity index (χ1v) is 6.62. The molecule has 0 bridgehead atoms. The molecule has 0 spiro atoms. The van der Waals surface area contributed by atoms with Crippen LogP contribution in [0.1, 0.15) is 37.6 Å². The zero-order chi connectivity index (χ0) is 14.4. The van der Waals surface area contributed by atoms with Crippen LogP contribution in [0.4, 0.5) is 5.82 Å². The van der Waals surface area contributed by atoms with E-state index < -0.39 is 0 Å². The fourth-order valence-electron chi connectivity index (χ4n) is 2.24. The normalized spacial score (nSPS) is 11.9. The number of aryl methyl sites for hydroxylation is 3. The van der Waals surface area contributed by atoms with Crippen LogP contribution in [0, 0.1) is 13.8 Å². The number of hydrogen-bond acceptors (Lipinski definition) is 2. The molecule has 0 amide bonds. The first-order valence-electron chi connectivity index (χ1n) is 6.62. The smallest absolute Gasteiger partial charge is 0.129 e. The van der Waals surface area contributed by atoms with Gasteiger partial charge in [0, 0.05) is 18.0 Å². The van der Waals surface area contributed by atoms with E-state index in [0.29, 0.717) is 0 Å². The van der Waals surface area contributed by atoms with Gasteiger partial charge in [0.05, 0.1) is 5.69 Å². The minimum absolute atomic E-state index is 0.0243. The Bertz CT molecular complexity index is 616. The molecular formula is C16H23N3. The molecule has 0 saturated carbocycles. The Labute approximate surface area is 115 Å². The molecule has 0 radical (unpaired) electrons. The molecule has 19 heavy (non-hydrogen) atoms. The number of hydrogen-bond donors (Lipinski definition) is 1. The summed E-state index contributed by atoms with van der Waals surface area (Å²) in [4.78, 5) is 0. The monoisotopic (exact) mass is 257 g/mol. The molecule has 102 valence electrons. The van der Waals surface area contributed by atoms with Crippen molar-refractivity contribution in [2.24, 2.45) is 7.05 Å². The van der Waals surface area contributed by atoms with Gasteiger partial charge in [-0.3, -0.25) is 4.68 Å². The average Bonchev–Trinajstić information content (AvgIpc) is 2.60. The van der Waals surface area contributed by atoms with Crippen molar-refractivity contribution in [1.29, 1.82) is 0 Å². The van der Waals surface area contributed by atoms with Crippen LogP contribution in [0.5, 0.6) is 0 Å². The van der Waals surface area contributed by atoms with E-state index >= 15 is 0 Å². The maximum Gasteiger partial charge on any atom is 0.129 e. The largest absolute Gasteiger partial charge is 0.383 e. The van der Waals surface area contributed by atoms with Crippen LogP contribution in [0.15, 0.2) is 18.2 Å². The summed E-state index contributed by atoms with van der Waals surface area (Å²) in [7, 11) is 1.90. The summed E-state index contributed by atoms with van der Waals surface area (Å²) in [6.07, 6.45) is 0. The maximum absolute atomic E-state index is 6.22. The number of nitrogen functional groups attached to an aromatic ring is 1. The molecule has 1 aromatic heterocycles. The van der Waals surface area contributed by atoms with Gasteiger partial charge in [-0.1, -0.05) is 39.0 Å². The van der Waals surface area contributed by atoms with Gasteiger partial charge in [-0.15, -0.1) is 0 Å². The number of benzene rings is 1. The van der Waals surface area contributed by atoms with Crippen LogP contribution >= 0.6 is 0 Å². The van der Waals surface area contributed by atoms with Crippen LogP contribution in [-0.2, 0) is 12.5 Å². The summed E-state index contributed by atoms with van der Waals surface area (Å²) in [6, 6.07) is 6.46. The van der Waals surface area contributed by atoms with Crippen molar-refractivity contribution in [2.45, 2.75) is 40.0 Å². The Balaban J connectivity index is 2.70. The molecule has 0 fully saturated rings. The van der Waals surface area contributed by atoms with E-state index in [2.05, 4.69) is 57.9 Å². The highest BCUT2D eigenvalue weighted by molar-refractivity contribution is 5.78. The van der Waals surface area contributed by atoms with Crippen LogP contribution < -0.4 is 5.73 Å². The lowest BCUT2D eigenvalue weighted by Gasteiger charge is -2.18. The Morgan fingerprint density at radius 3 is 2.26 bits per heavy atom. The molecule has 0 aliphatic carbocycles. The molecule has 3 heteroatoms. The summed E-state index contributed by atoms with van der Waals surface area (Å²) in [5.74, 6) is 0.730. The highest BCUT2D eigenvalue weighted by atomic mass is 15.3. The number of rotatable bonds is 1. The minimum Gasteiger partial charge on any atom is -0.383 e. The third-order valence-electron chi connectivity index (χ3n) is 3.60. The molecule has 0 aliphatic heterocycles. The first kappa shape index (κ1) is 13.7. The zero-order valence-corrected chi connectivity index (χ0v) is 12.7. The van der Waals surface area contributed by atoms with E-state index in [1.54, 1.807) is 4.68 Å². The molecule has 3 nitrogen and oxygen atoms in total. The Hall–Kier alpha value is -1.77. The van der Waals surface area contributed by atoms with Gasteiger partial charge in [0.25, 0.3) is 0 Å². The summed E-state index contributed by atoms with van der Waals surface area (Å²) >= 11 is 0. The van der Waals surface area contributed by atoms with Gasteiger partial charge in [0.15, 0.2) is 0 Å². The fraction of sp³-hybridized carbons (Fsp3) is 0.438.